The smallest absolute Gasteiger partial charge is 0.258 e. The zero-order chi connectivity index (χ0) is 16.8. The summed E-state index contributed by atoms with van der Waals surface area (Å²) in [5.74, 6) is -0.547. The zero-order valence-electron chi connectivity index (χ0n) is 12.8. The molecule has 0 fully saturated rings. The standard InChI is InChI=1S/C19H13ClN2O2/c1-10-3-2-4-12(9-10)17-15-14(18(23)22-17)16(21-19(15)24)11-5-7-13(20)8-6-11/h2-9H,1H3,(H,21,24)(H,22,23). The minimum Gasteiger partial charge on any atom is -0.321 e. The molecule has 2 amide bonds. The number of amides is 2. The summed E-state index contributed by atoms with van der Waals surface area (Å²) < 4.78 is 0. The molecule has 0 spiro atoms. The van der Waals surface area contributed by atoms with Gasteiger partial charge in [-0.1, -0.05) is 47.5 Å². The van der Waals surface area contributed by atoms with E-state index in [0.29, 0.717) is 27.6 Å². The second kappa shape index (κ2) is 5.35. The van der Waals surface area contributed by atoms with Gasteiger partial charge in [-0.25, -0.2) is 0 Å². The molecule has 0 aliphatic carbocycles. The second-order valence-electron chi connectivity index (χ2n) is 5.78. The molecule has 2 heterocycles. The van der Waals surface area contributed by atoms with Crippen molar-refractivity contribution in [1.29, 1.82) is 0 Å². The normalized spacial score (nSPS) is 16.4. The topological polar surface area (TPSA) is 58.2 Å². The molecule has 2 aromatic carbocycles. The SMILES string of the molecule is Cc1cccc(C2=C3C(=O)NC(c4ccc(Cl)cc4)=C3C(=O)N2)c1. The molecule has 0 radical (unpaired) electrons. The summed E-state index contributed by atoms with van der Waals surface area (Å²) in [6.45, 7) is 1.97. The van der Waals surface area contributed by atoms with Crippen molar-refractivity contribution in [1.82, 2.24) is 10.6 Å². The van der Waals surface area contributed by atoms with Crippen LogP contribution in [0.1, 0.15) is 16.7 Å². The van der Waals surface area contributed by atoms with Gasteiger partial charge in [-0.3, -0.25) is 9.59 Å². The van der Waals surface area contributed by atoms with Crippen LogP contribution in [-0.4, -0.2) is 11.8 Å². The summed E-state index contributed by atoms with van der Waals surface area (Å²) in [5, 5.41) is 6.25. The Hall–Kier alpha value is -2.85. The minimum atomic E-state index is -0.273. The van der Waals surface area contributed by atoms with Gasteiger partial charge in [-0.05, 0) is 36.2 Å². The van der Waals surface area contributed by atoms with Crippen molar-refractivity contribution < 1.29 is 9.59 Å². The fourth-order valence-electron chi connectivity index (χ4n) is 3.03. The van der Waals surface area contributed by atoms with Crippen LogP contribution in [0.15, 0.2) is 59.7 Å². The summed E-state index contributed by atoms with van der Waals surface area (Å²) in [6.07, 6.45) is 0. The average molecular weight is 337 g/mol. The maximum atomic E-state index is 12.5. The summed E-state index contributed by atoms with van der Waals surface area (Å²) in [7, 11) is 0. The molecule has 0 bridgehead atoms. The van der Waals surface area contributed by atoms with E-state index < -0.39 is 0 Å². The highest BCUT2D eigenvalue weighted by Gasteiger charge is 2.40. The van der Waals surface area contributed by atoms with Crippen molar-refractivity contribution in [3.05, 3.63) is 81.4 Å². The highest BCUT2D eigenvalue weighted by molar-refractivity contribution is 6.31. The van der Waals surface area contributed by atoms with E-state index in [1.165, 1.54) is 0 Å². The van der Waals surface area contributed by atoms with Crippen molar-refractivity contribution in [3.8, 4) is 0 Å². The highest BCUT2D eigenvalue weighted by atomic mass is 35.5. The molecule has 0 saturated heterocycles. The number of nitrogens with one attached hydrogen (secondary N) is 2. The molecule has 2 aliphatic heterocycles. The van der Waals surface area contributed by atoms with Gasteiger partial charge in [-0.2, -0.15) is 0 Å². The van der Waals surface area contributed by atoms with E-state index in [1.54, 1.807) is 24.3 Å². The molecule has 2 aliphatic rings. The first-order chi connectivity index (χ1) is 11.5. The molecule has 4 rings (SSSR count). The van der Waals surface area contributed by atoms with Gasteiger partial charge in [0.15, 0.2) is 0 Å². The first-order valence-corrected chi connectivity index (χ1v) is 7.87. The lowest BCUT2D eigenvalue weighted by Gasteiger charge is -2.08. The first kappa shape index (κ1) is 14.7. The Balaban J connectivity index is 1.90. The van der Waals surface area contributed by atoms with Crippen LogP contribution in [0.4, 0.5) is 0 Å². The summed E-state index contributed by atoms with van der Waals surface area (Å²) in [5.41, 5.74) is 4.49. The lowest BCUT2D eigenvalue weighted by molar-refractivity contribution is -0.117. The van der Waals surface area contributed by atoms with Crippen molar-refractivity contribution in [3.63, 3.8) is 0 Å². The van der Waals surface area contributed by atoms with E-state index >= 15 is 0 Å². The van der Waals surface area contributed by atoms with E-state index in [1.807, 2.05) is 31.2 Å². The molecular formula is C19H13ClN2O2. The van der Waals surface area contributed by atoms with Gasteiger partial charge >= 0.3 is 0 Å². The predicted octanol–water partition coefficient (Wildman–Crippen LogP) is 3.03. The molecule has 5 heteroatoms. The number of aryl methyl sites for hydroxylation is 1. The van der Waals surface area contributed by atoms with Crippen molar-refractivity contribution in [2.45, 2.75) is 6.92 Å². The van der Waals surface area contributed by atoms with Crippen LogP contribution in [-0.2, 0) is 9.59 Å². The lowest BCUT2D eigenvalue weighted by Crippen LogP contribution is -2.21. The Morgan fingerprint density at radius 3 is 1.96 bits per heavy atom. The molecule has 24 heavy (non-hydrogen) atoms. The van der Waals surface area contributed by atoms with Crippen LogP contribution in [0, 0.1) is 6.92 Å². The van der Waals surface area contributed by atoms with E-state index in [2.05, 4.69) is 10.6 Å². The second-order valence-corrected chi connectivity index (χ2v) is 6.22. The number of hydrogen-bond donors (Lipinski definition) is 2. The number of carbonyl (C=O) groups is 2. The predicted molar refractivity (Wildman–Crippen MR) is 92.8 cm³/mol. The van der Waals surface area contributed by atoms with Crippen LogP contribution >= 0.6 is 11.6 Å². The number of carbonyl (C=O) groups excluding carboxylic acids is 2. The van der Waals surface area contributed by atoms with Crippen LogP contribution in [0.5, 0.6) is 0 Å². The third-order valence-electron chi connectivity index (χ3n) is 4.12. The molecule has 4 nitrogen and oxygen atoms in total. The Bertz CT molecular complexity index is 956. The fourth-order valence-corrected chi connectivity index (χ4v) is 3.16. The Morgan fingerprint density at radius 1 is 0.792 bits per heavy atom. The van der Waals surface area contributed by atoms with Crippen LogP contribution < -0.4 is 10.6 Å². The van der Waals surface area contributed by atoms with Gasteiger partial charge in [0.2, 0.25) is 0 Å². The summed E-state index contributed by atoms with van der Waals surface area (Å²) in [4.78, 5) is 25.0. The van der Waals surface area contributed by atoms with Gasteiger partial charge in [0.1, 0.15) is 0 Å². The quantitative estimate of drug-likeness (QED) is 0.885. The van der Waals surface area contributed by atoms with E-state index in [9.17, 15) is 9.59 Å². The molecule has 2 N–H and O–H groups in total. The number of hydrogen-bond acceptors (Lipinski definition) is 2. The number of fused-ring (bicyclic) bond motifs is 1. The largest absolute Gasteiger partial charge is 0.321 e. The van der Waals surface area contributed by atoms with Gasteiger partial charge in [0.05, 0.1) is 22.5 Å². The first-order valence-electron chi connectivity index (χ1n) is 7.49. The van der Waals surface area contributed by atoms with Crippen molar-refractivity contribution in [2.24, 2.45) is 0 Å². The van der Waals surface area contributed by atoms with E-state index in [-0.39, 0.29) is 11.8 Å². The van der Waals surface area contributed by atoms with Gasteiger partial charge in [0, 0.05) is 5.02 Å². The third kappa shape index (κ3) is 2.23. The maximum Gasteiger partial charge on any atom is 0.258 e. The fraction of sp³-hybridized carbons (Fsp3) is 0.0526. The van der Waals surface area contributed by atoms with E-state index in [0.717, 1.165) is 16.7 Å². The van der Waals surface area contributed by atoms with Crippen molar-refractivity contribution in [2.75, 3.05) is 0 Å². The van der Waals surface area contributed by atoms with Gasteiger partial charge in [-0.15, -0.1) is 0 Å². The maximum absolute atomic E-state index is 12.5. The van der Waals surface area contributed by atoms with E-state index in [4.69, 9.17) is 11.6 Å². The van der Waals surface area contributed by atoms with Gasteiger partial charge < -0.3 is 10.6 Å². The number of halogens is 1. The highest BCUT2D eigenvalue weighted by Crippen LogP contribution is 2.37. The molecular weight excluding hydrogens is 324 g/mol. The Labute approximate surface area is 143 Å². The molecule has 0 saturated carbocycles. The van der Waals surface area contributed by atoms with Gasteiger partial charge in [0.25, 0.3) is 11.8 Å². The zero-order valence-corrected chi connectivity index (χ0v) is 13.6. The monoisotopic (exact) mass is 336 g/mol. The van der Waals surface area contributed by atoms with Crippen LogP contribution in [0.25, 0.3) is 11.4 Å². The van der Waals surface area contributed by atoms with Crippen LogP contribution in [0.2, 0.25) is 5.02 Å². The molecule has 0 aromatic heterocycles. The van der Waals surface area contributed by atoms with Crippen LogP contribution in [0.3, 0.4) is 0 Å². The number of benzene rings is 2. The Morgan fingerprint density at radius 2 is 1.38 bits per heavy atom. The molecule has 0 unspecified atom stereocenters. The average Bonchev–Trinajstić information content (AvgIpc) is 3.08. The molecule has 0 atom stereocenters. The molecule has 2 aromatic rings. The molecule has 118 valence electrons. The van der Waals surface area contributed by atoms with Crippen molar-refractivity contribution >= 4 is 34.8 Å². The third-order valence-corrected chi connectivity index (χ3v) is 4.37. The minimum absolute atomic E-state index is 0.273. The Kier molecular flexibility index (Phi) is 3.28. The summed E-state index contributed by atoms with van der Waals surface area (Å²) >= 11 is 5.91. The lowest BCUT2D eigenvalue weighted by atomic mass is 10.0. The summed E-state index contributed by atoms with van der Waals surface area (Å²) in [6, 6.07) is 14.7. The number of rotatable bonds is 2.